The highest BCUT2D eigenvalue weighted by atomic mass is 19.1. The molecular formula is C24H26FN5O4. The fourth-order valence-electron chi connectivity index (χ4n) is 4.30. The van der Waals surface area contributed by atoms with Crippen LogP contribution >= 0.6 is 0 Å². The molecule has 10 heteroatoms. The summed E-state index contributed by atoms with van der Waals surface area (Å²) >= 11 is 0. The van der Waals surface area contributed by atoms with Crippen molar-refractivity contribution in [1.29, 1.82) is 0 Å². The molecule has 0 aliphatic carbocycles. The molecule has 0 radical (unpaired) electrons. The van der Waals surface area contributed by atoms with Crippen LogP contribution in [0.5, 0.6) is 0 Å². The monoisotopic (exact) mass is 467 g/mol. The highest BCUT2D eigenvalue weighted by molar-refractivity contribution is 5.88. The summed E-state index contributed by atoms with van der Waals surface area (Å²) in [6, 6.07) is 6.20. The van der Waals surface area contributed by atoms with E-state index in [9.17, 15) is 14.0 Å². The number of carboxylic acid groups (broad SMARTS) is 1. The van der Waals surface area contributed by atoms with Gasteiger partial charge in [0.1, 0.15) is 12.4 Å². The molecule has 1 aliphatic rings. The van der Waals surface area contributed by atoms with Crippen LogP contribution in [0, 0.1) is 5.82 Å². The molecule has 1 aromatic carbocycles. The first-order valence-corrected chi connectivity index (χ1v) is 10.9. The molecule has 3 heterocycles. The largest absolute Gasteiger partial charge is 0.506 e. The van der Waals surface area contributed by atoms with Crippen LogP contribution in [0.3, 0.4) is 0 Å². The summed E-state index contributed by atoms with van der Waals surface area (Å²) in [5.41, 5.74) is 10.4. The molecule has 0 bridgehead atoms. The van der Waals surface area contributed by atoms with Crippen molar-refractivity contribution in [3.8, 4) is 11.4 Å². The summed E-state index contributed by atoms with van der Waals surface area (Å²) in [6.45, 7) is 3.95. The number of carbonyl (C=O) groups is 1. The Morgan fingerprint density at radius 3 is 2.76 bits per heavy atom. The smallest absolute Gasteiger partial charge is 0.450 e. The van der Waals surface area contributed by atoms with E-state index in [0.717, 1.165) is 16.5 Å². The van der Waals surface area contributed by atoms with E-state index in [2.05, 4.69) is 0 Å². The van der Waals surface area contributed by atoms with Gasteiger partial charge in [-0.05, 0) is 42.2 Å². The third-order valence-corrected chi connectivity index (χ3v) is 6.02. The van der Waals surface area contributed by atoms with Gasteiger partial charge in [0.25, 0.3) is 5.56 Å². The Morgan fingerprint density at radius 1 is 1.32 bits per heavy atom. The molecule has 0 saturated carbocycles. The minimum absolute atomic E-state index is 0.226. The van der Waals surface area contributed by atoms with Gasteiger partial charge >= 0.3 is 6.16 Å². The maximum atomic E-state index is 14.1. The Balaban J connectivity index is 1.91. The number of rotatable bonds is 7. The Kier molecular flexibility index (Phi) is 6.25. The molecule has 0 spiro atoms. The molecule has 0 fully saturated rings. The van der Waals surface area contributed by atoms with Crippen LogP contribution in [0.15, 0.2) is 41.0 Å². The average molecular weight is 468 g/mol. The molecular weight excluding hydrogens is 441 g/mol. The number of hydrogen-bond donors (Lipinski definition) is 3. The van der Waals surface area contributed by atoms with Gasteiger partial charge in [0.05, 0.1) is 35.6 Å². The fourth-order valence-corrected chi connectivity index (χ4v) is 4.30. The predicted molar refractivity (Wildman–Crippen MR) is 125 cm³/mol. The molecule has 0 saturated heterocycles. The highest BCUT2D eigenvalue weighted by Gasteiger charge is 2.28. The van der Waals surface area contributed by atoms with Gasteiger partial charge in [-0.1, -0.05) is 13.8 Å². The summed E-state index contributed by atoms with van der Waals surface area (Å²) in [4.78, 5) is 28.9. The van der Waals surface area contributed by atoms with Gasteiger partial charge in [-0.25, -0.2) is 20.0 Å². The third-order valence-electron chi connectivity index (χ3n) is 6.02. The van der Waals surface area contributed by atoms with E-state index in [0.29, 0.717) is 41.0 Å². The number of allylic oxidation sites excluding steroid dienone is 1. The lowest BCUT2D eigenvalue weighted by molar-refractivity contribution is 0.0847. The molecule has 3 aromatic rings. The average Bonchev–Trinajstić information content (AvgIpc) is 3.16. The molecule has 0 amide bonds. The van der Waals surface area contributed by atoms with E-state index < -0.39 is 12.0 Å². The van der Waals surface area contributed by atoms with Crippen molar-refractivity contribution in [2.45, 2.75) is 46.4 Å². The maximum absolute atomic E-state index is 14.1. The number of hydrogen-bond acceptors (Lipinski definition) is 7. The van der Waals surface area contributed by atoms with Crippen molar-refractivity contribution < 1.29 is 19.0 Å². The van der Waals surface area contributed by atoms with E-state index >= 15 is 0 Å². The van der Waals surface area contributed by atoms with Gasteiger partial charge < -0.3 is 25.2 Å². The maximum Gasteiger partial charge on any atom is 0.506 e. The third kappa shape index (κ3) is 4.19. The number of ether oxygens (including phenoxy) is 1. The molecule has 0 atom stereocenters. The minimum Gasteiger partial charge on any atom is -0.450 e. The van der Waals surface area contributed by atoms with Crippen molar-refractivity contribution in [3.63, 3.8) is 0 Å². The SMILES string of the molecule is CC/C(N)=C/N(N)Cc1c2c(nc3cc(F)ccc13)-c1cc(CC)c(COC(=O)O)c(=O)n1C2. The molecule has 4 rings (SSSR count). The van der Waals surface area contributed by atoms with Gasteiger partial charge in [0.15, 0.2) is 0 Å². The van der Waals surface area contributed by atoms with E-state index in [1.165, 1.54) is 17.1 Å². The second-order valence-electron chi connectivity index (χ2n) is 8.14. The number of aromatic nitrogens is 2. The lowest BCUT2D eigenvalue weighted by atomic mass is 9.99. The van der Waals surface area contributed by atoms with Crippen LogP contribution in [0.4, 0.5) is 9.18 Å². The number of halogens is 1. The Hall–Kier alpha value is -3.92. The number of pyridine rings is 2. The zero-order chi connectivity index (χ0) is 24.6. The highest BCUT2D eigenvalue weighted by Crippen LogP contribution is 2.36. The number of fused-ring (bicyclic) bond motifs is 4. The number of aryl methyl sites for hydroxylation is 1. The summed E-state index contributed by atoms with van der Waals surface area (Å²) in [7, 11) is 0. The van der Waals surface area contributed by atoms with E-state index in [1.807, 2.05) is 19.9 Å². The molecule has 2 aromatic heterocycles. The normalized spacial score (nSPS) is 12.5. The Labute approximate surface area is 195 Å². The lowest BCUT2D eigenvalue weighted by Gasteiger charge is -2.19. The van der Waals surface area contributed by atoms with Crippen LogP contribution in [-0.2, 0) is 30.9 Å². The van der Waals surface area contributed by atoms with Crippen LogP contribution in [0.2, 0.25) is 0 Å². The van der Waals surface area contributed by atoms with Gasteiger partial charge in [-0.3, -0.25) is 4.79 Å². The van der Waals surface area contributed by atoms with Crippen LogP contribution in [-0.4, -0.2) is 25.8 Å². The zero-order valence-electron chi connectivity index (χ0n) is 19.0. The number of nitrogens with zero attached hydrogens (tertiary/aromatic N) is 3. The summed E-state index contributed by atoms with van der Waals surface area (Å²) in [5.74, 6) is 5.79. The second kappa shape index (κ2) is 9.14. The van der Waals surface area contributed by atoms with Gasteiger partial charge in [-0.15, -0.1) is 0 Å². The van der Waals surface area contributed by atoms with Crippen LogP contribution < -0.4 is 17.1 Å². The van der Waals surface area contributed by atoms with Crippen molar-refractivity contribution >= 4 is 17.1 Å². The van der Waals surface area contributed by atoms with Crippen LogP contribution in [0.25, 0.3) is 22.3 Å². The van der Waals surface area contributed by atoms with Crippen molar-refractivity contribution in [2.75, 3.05) is 0 Å². The van der Waals surface area contributed by atoms with Gasteiger partial charge in [0, 0.05) is 28.9 Å². The quantitative estimate of drug-likeness (QED) is 0.214. The Bertz CT molecular complexity index is 1380. The molecule has 1 aliphatic heterocycles. The Morgan fingerprint density at radius 2 is 2.09 bits per heavy atom. The van der Waals surface area contributed by atoms with E-state index in [1.54, 1.807) is 16.8 Å². The summed E-state index contributed by atoms with van der Waals surface area (Å²) in [5, 5.41) is 11.1. The molecule has 0 unspecified atom stereocenters. The van der Waals surface area contributed by atoms with Crippen LogP contribution in [0.1, 0.15) is 42.5 Å². The standard InChI is InChI=1S/C24H26FN5O4/c1-3-13-7-21-22-18(11-30(21)23(31)19(13)12-34-24(32)33)17(10-29(27)9-15(26)4-2)16-6-5-14(25)8-20(16)28-22/h5-9H,3-4,10-12,26-27H2,1-2H3,(H,32,33)/b15-9-. The second-order valence-corrected chi connectivity index (χ2v) is 8.14. The van der Waals surface area contributed by atoms with Gasteiger partial charge in [-0.2, -0.15) is 0 Å². The van der Waals surface area contributed by atoms with Crippen molar-refractivity contribution in [2.24, 2.45) is 11.6 Å². The topological polar surface area (TPSA) is 137 Å². The van der Waals surface area contributed by atoms with Gasteiger partial charge in [0.2, 0.25) is 0 Å². The summed E-state index contributed by atoms with van der Waals surface area (Å²) < 4.78 is 20.3. The first-order chi connectivity index (χ1) is 16.2. The first kappa shape index (κ1) is 23.2. The van der Waals surface area contributed by atoms with E-state index in [-0.39, 0.29) is 30.8 Å². The number of nitrogens with two attached hydrogens (primary N) is 2. The minimum atomic E-state index is -1.45. The molecule has 5 N–H and O–H groups in total. The number of hydrazine groups is 1. The predicted octanol–water partition coefficient (Wildman–Crippen LogP) is 3.21. The molecule has 9 nitrogen and oxygen atoms in total. The van der Waals surface area contributed by atoms with Crippen molar-refractivity contribution in [3.05, 3.63) is 74.6 Å². The van der Waals surface area contributed by atoms with Crippen molar-refractivity contribution in [1.82, 2.24) is 14.6 Å². The van der Waals surface area contributed by atoms with E-state index in [4.69, 9.17) is 26.4 Å². The molecule has 178 valence electrons. The zero-order valence-corrected chi connectivity index (χ0v) is 19.0. The summed E-state index contributed by atoms with van der Waals surface area (Å²) in [6.07, 6.45) is 1.33. The number of benzene rings is 1. The first-order valence-electron chi connectivity index (χ1n) is 10.9. The fraction of sp³-hybridized carbons (Fsp3) is 0.292. The molecule has 34 heavy (non-hydrogen) atoms. The lowest BCUT2D eigenvalue weighted by Crippen LogP contribution is -2.27.